The summed E-state index contributed by atoms with van der Waals surface area (Å²) in [5, 5.41) is 3.53. The normalized spacial score (nSPS) is 26.2. The van der Waals surface area contributed by atoms with Gasteiger partial charge in [0, 0.05) is 25.7 Å². The number of nitrogens with zero attached hydrogens (tertiary/aromatic N) is 1. The predicted molar refractivity (Wildman–Crippen MR) is 88.8 cm³/mol. The number of rotatable bonds is 7. The van der Waals surface area contributed by atoms with E-state index >= 15 is 0 Å². The van der Waals surface area contributed by atoms with Crippen molar-refractivity contribution in [2.75, 3.05) is 33.9 Å². The number of likely N-dealkylation sites (N-methyl/N-ethyl adjacent to an activating group) is 2. The molecule has 2 rings (SSSR count). The quantitative estimate of drug-likeness (QED) is 0.835. The van der Waals surface area contributed by atoms with E-state index in [-0.39, 0.29) is 0 Å². The van der Waals surface area contributed by atoms with Crippen LogP contribution in [-0.4, -0.2) is 50.8 Å². The minimum Gasteiger partial charge on any atom is -0.383 e. The molecule has 1 saturated carbocycles. The first kappa shape index (κ1) is 16.5. The van der Waals surface area contributed by atoms with Crippen molar-refractivity contribution in [3.63, 3.8) is 0 Å². The minimum atomic E-state index is 0.599. The highest BCUT2D eigenvalue weighted by atomic mass is 16.5. The van der Waals surface area contributed by atoms with Crippen LogP contribution in [0.25, 0.3) is 0 Å². The van der Waals surface area contributed by atoms with Crippen LogP contribution in [0.1, 0.15) is 37.7 Å². The van der Waals surface area contributed by atoms with Gasteiger partial charge in [0.2, 0.25) is 0 Å². The third-order valence-electron chi connectivity index (χ3n) is 4.92. The topological polar surface area (TPSA) is 24.5 Å². The number of benzene rings is 1. The minimum absolute atomic E-state index is 0.599. The molecule has 1 fully saturated rings. The molecule has 0 aliphatic heterocycles. The summed E-state index contributed by atoms with van der Waals surface area (Å²) in [5.74, 6) is 0.692. The Labute approximate surface area is 129 Å². The second-order valence-corrected chi connectivity index (χ2v) is 6.00. The van der Waals surface area contributed by atoms with Gasteiger partial charge in [-0.05, 0) is 44.3 Å². The standard InChI is InChI=1S/C18H30N2O/c1-4-20(12-13-21-3)18-14-16(10-11-17(18)19-2)15-8-6-5-7-9-15/h5-9,16-19H,4,10-14H2,1-3H3. The highest BCUT2D eigenvalue weighted by Crippen LogP contribution is 2.35. The average molecular weight is 290 g/mol. The van der Waals surface area contributed by atoms with Gasteiger partial charge in [-0.25, -0.2) is 0 Å². The molecule has 21 heavy (non-hydrogen) atoms. The van der Waals surface area contributed by atoms with Gasteiger partial charge in [0.25, 0.3) is 0 Å². The molecular formula is C18H30N2O. The maximum absolute atomic E-state index is 5.28. The smallest absolute Gasteiger partial charge is 0.0589 e. The van der Waals surface area contributed by atoms with Crippen LogP contribution in [0.4, 0.5) is 0 Å². The van der Waals surface area contributed by atoms with Crippen LogP contribution in [0.5, 0.6) is 0 Å². The van der Waals surface area contributed by atoms with Crippen molar-refractivity contribution < 1.29 is 4.74 Å². The van der Waals surface area contributed by atoms with E-state index in [1.807, 2.05) is 0 Å². The summed E-state index contributed by atoms with van der Waals surface area (Å²) in [6.45, 7) is 5.19. The molecule has 0 radical (unpaired) electrons. The van der Waals surface area contributed by atoms with Gasteiger partial charge in [-0.3, -0.25) is 4.90 Å². The van der Waals surface area contributed by atoms with E-state index in [1.165, 1.54) is 24.8 Å². The van der Waals surface area contributed by atoms with Crippen molar-refractivity contribution >= 4 is 0 Å². The van der Waals surface area contributed by atoms with Crippen molar-refractivity contribution in [1.29, 1.82) is 0 Å². The summed E-state index contributed by atoms with van der Waals surface area (Å²) in [5.41, 5.74) is 1.50. The molecule has 3 nitrogen and oxygen atoms in total. The van der Waals surface area contributed by atoms with Crippen molar-refractivity contribution in [1.82, 2.24) is 10.2 Å². The molecule has 0 amide bonds. The van der Waals surface area contributed by atoms with Crippen molar-refractivity contribution in [2.24, 2.45) is 0 Å². The van der Waals surface area contributed by atoms with E-state index in [9.17, 15) is 0 Å². The molecule has 1 aromatic rings. The van der Waals surface area contributed by atoms with E-state index in [1.54, 1.807) is 7.11 Å². The van der Waals surface area contributed by atoms with Gasteiger partial charge in [-0.2, -0.15) is 0 Å². The Morgan fingerprint density at radius 3 is 2.62 bits per heavy atom. The Hall–Kier alpha value is -0.900. The molecule has 3 heteroatoms. The van der Waals surface area contributed by atoms with Crippen molar-refractivity contribution in [3.8, 4) is 0 Å². The fourth-order valence-electron chi connectivity index (χ4n) is 3.68. The van der Waals surface area contributed by atoms with Gasteiger partial charge in [0.05, 0.1) is 6.61 Å². The average Bonchev–Trinajstić information content (AvgIpc) is 2.56. The maximum atomic E-state index is 5.28. The van der Waals surface area contributed by atoms with Gasteiger partial charge in [-0.1, -0.05) is 37.3 Å². The van der Waals surface area contributed by atoms with Gasteiger partial charge in [0.1, 0.15) is 0 Å². The van der Waals surface area contributed by atoms with Crippen LogP contribution in [0.15, 0.2) is 30.3 Å². The van der Waals surface area contributed by atoms with Crippen LogP contribution in [-0.2, 0) is 4.74 Å². The lowest BCUT2D eigenvalue weighted by molar-refractivity contribution is 0.0842. The zero-order valence-corrected chi connectivity index (χ0v) is 13.7. The molecule has 0 heterocycles. The number of hydrogen-bond donors (Lipinski definition) is 1. The molecule has 1 aromatic carbocycles. The predicted octanol–water partition coefficient (Wildman–Crippen LogP) is 2.88. The first-order valence-corrected chi connectivity index (χ1v) is 8.25. The maximum Gasteiger partial charge on any atom is 0.0589 e. The van der Waals surface area contributed by atoms with Crippen LogP contribution < -0.4 is 5.32 Å². The molecule has 1 aliphatic rings. The summed E-state index contributed by atoms with van der Waals surface area (Å²) in [6, 6.07) is 12.2. The van der Waals surface area contributed by atoms with Gasteiger partial charge in [-0.15, -0.1) is 0 Å². The Morgan fingerprint density at radius 1 is 1.24 bits per heavy atom. The highest BCUT2D eigenvalue weighted by Gasteiger charge is 2.33. The molecule has 1 N–H and O–H groups in total. The van der Waals surface area contributed by atoms with Gasteiger partial charge >= 0.3 is 0 Å². The van der Waals surface area contributed by atoms with Gasteiger partial charge in [0.15, 0.2) is 0 Å². The molecule has 0 saturated heterocycles. The molecule has 3 atom stereocenters. The lowest BCUT2D eigenvalue weighted by atomic mass is 9.78. The molecule has 0 spiro atoms. The number of nitrogens with one attached hydrogen (secondary N) is 1. The summed E-state index contributed by atoms with van der Waals surface area (Å²) in [4.78, 5) is 2.58. The third-order valence-corrected chi connectivity index (χ3v) is 4.92. The molecule has 118 valence electrons. The molecule has 0 bridgehead atoms. The number of methoxy groups -OCH3 is 1. The molecular weight excluding hydrogens is 260 g/mol. The first-order chi connectivity index (χ1) is 10.3. The zero-order chi connectivity index (χ0) is 15.1. The van der Waals surface area contributed by atoms with Crippen LogP contribution in [0, 0.1) is 0 Å². The Morgan fingerprint density at radius 2 is 2.00 bits per heavy atom. The number of hydrogen-bond acceptors (Lipinski definition) is 3. The van der Waals surface area contributed by atoms with E-state index < -0.39 is 0 Å². The van der Waals surface area contributed by atoms with Crippen molar-refractivity contribution in [2.45, 2.75) is 44.2 Å². The zero-order valence-electron chi connectivity index (χ0n) is 13.7. The summed E-state index contributed by atoms with van der Waals surface area (Å²) < 4.78 is 5.28. The Balaban J connectivity index is 2.07. The largest absolute Gasteiger partial charge is 0.383 e. The lowest BCUT2D eigenvalue weighted by Gasteiger charge is -2.42. The summed E-state index contributed by atoms with van der Waals surface area (Å²) >= 11 is 0. The molecule has 1 aliphatic carbocycles. The summed E-state index contributed by atoms with van der Waals surface area (Å²) in [6.07, 6.45) is 3.78. The Bertz CT molecular complexity index is 395. The second-order valence-electron chi connectivity index (χ2n) is 6.00. The van der Waals surface area contributed by atoms with Crippen LogP contribution in [0.2, 0.25) is 0 Å². The van der Waals surface area contributed by atoms with Crippen LogP contribution in [0.3, 0.4) is 0 Å². The number of ether oxygens (including phenoxy) is 1. The third kappa shape index (κ3) is 4.29. The second kappa shape index (κ2) is 8.52. The van der Waals surface area contributed by atoms with Crippen LogP contribution >= 0.6 is 0 Å². The summed E-state index contributed by atoms with van der Waals surface area (Å²) in [7, 11) is 3.89. The van der Waals surface area contributed by atoms with E-state index in [0.717, 1.165) is 19.7 Å². The van der Waals surface area contributed by atoms with E-state index in [4.69, 9.17) is 4.74 Å². The fraction of sp³-hybridized carbons (Fsp3) is 0.667. The van der Waals surface area contributed by atoms with Crippen molar-refractivity contribution in [3.05, 3.63) is 35.9 Å². The van der Waals surface area contributed by atoms with E-state index in [0.29, 0.717) is 18.0 Å². The lowest BCUT2D eigenvalue weighted by Crippen LogP contribution is -2.52. The molecule has 3 unspecified atom stereocenters. The molecule has 0 aromatic heterocycles. The Kier molecular flexibility index (Phi) is 6.68. The van der Waals surface area contributed by atoms with E-state index in [2.05, 4.69) is 54.5 Å². The first-order valence-electron chi connectivity index (χ1n) is 8.25. The fourth-order valence-corrected chi connectivity index (χ4v) is 3.68. The highest BCUT2D eigenvalue weighted by molar-refractivity contribution is 5.21. The monoisotopic (exact) mass is 290 g/mol. The van der Waals surface area contributed by atoms with Gasteiger partial charge < -0.3 is 10.1 Å². The SMILES string of the molecule is CCN(CCOC)C1CC(c2ccccc2)CCC1NC.